The number of rotatable bonds is 7. The zero-order valence-electron chi connectivity index (χ0n) is 13.8. The first-order chi connectivity index (χ1) is 9.28. The molecule has 0 aliphatic rings. The molecule has 0 aliphatic carbocycles. The molecule has 5 heteroatoms. The summed E-state index contributed by atoms with van der Waals surface area (Å²) in [6, 6.07) is 4.09. The van der Waals surface area contributed by atoms with E-state index in [0.29, 0.717) is 0 Å². The highest BCUT2D eigenvalue weighted by molar-refractivity contribution is 5.35. The van der Waals surface area contributed by atoms with Gasteiger partial charge in [-0.3, -0.25) is 0 Å². The molecule has 1 aromatic rings. The molecule has 1 rings (SSSR count). The van der Waals surface area contributed by atoms with Gasteiger partial charge in [-0.1, -0.05) is 0 Å². The minimum absolute atomic E-state index is 0.101. The molecule has 1 heterocycles. The summed E-state index contributed by atoms with van der Waals surface area (Å²) in [6.07, 6.45) is 1.12. The third-order valence-corrected chi connectivity index (χ3v) is 3.00. The highest BCUT2D eigenvalue weighted by Gasteiger charge is 2.09. The smallest absolute Gasteiger partial charge is 0.150 e. The topological polar surface area (TPSA) is 44.3 Å². The number of anilines is 1. The van der Waals surface area contributed by atoms with E-state index in [9.17, 15) is 0 Å². The lowest BCUT2D eigenvalue weighted by molar-refractivity contribution is 0.401. The molecular weight excluding hydrogens is 250 g/mol. The fraction of sp³-hybridized carbons (Fsp3) is 0.733. The Morgan fingerprint density at radius 2 is 1.75 bits per heavy atom. The normalized spacial score (nSPS) is 11.9. The molecule has 114 valence electrons. The maximum Gasteiger partial charge on any atom is 0.150 e. The molecule has 5 nitrogen and oxygen atoms in total. The Morgan fingerprint density at radius 3 is 2.25 bits per heavy atom. The van der Waals surface area contributed by atoms with Gasteiger partial charge in [0.1, 0.15) is 0 Å². The largest absolute Gasteiger partial charge is 0.358 e. The van der Waals surface area contributed by atoms with Crippen LogP contribution in [0.2, 0.25) is 0 Å². The summed E-state index contributed by atoms with van der Waals surface area (Å²) in [6.45, 7) is 9.27. The molecule has 0 aliphatic heterocycles. The van der Waals surface area contributed by atoms with Crippen LogP contribution in [0.5, 0.6) is 0 Å². The van der Waals surface area contributed by atoms with Crippen LogP contribution in [0.1, 0.15) is 32.9 Å². The van der Waals surface area contributed by atoms with E-state index in [1.54, 1.807) is 0 Å². The van der Waals surface area contributed by atoms with Crippen LogP contribution in [0.3, 0.4) is 0 Å². The first-order valence-corrected chi connectivity index (χ1v) is 7.21. The lowest BCUT2D eigenvalue weighted by Crippen LogP contribution is -2.35. The summed E-state index contributed by atoms with van der Waals surface area (Å²) < 4.78 is 0. The van der Waals surface area contributed by atoms with Crippen molar-refractivity contribution in [3.63, 3.8) is 0 Å². The Labute approximate surface area is 123 Å². The van der Waals surface area contributed by atoms with Crippen molar-refractivity contribution in [3.05, 3.63) is 17.8 Å². The fourth-order valence-electron chi connectivity index (χ4n) is 1.75. The minimum Gasteiger partial charge on any atom is -0.358 e. The standard InChI is InChI=1S/C15H29N5/c1-15(2,3)16-12-13-8-9-14(18-17-13)20(6)11-7-10-19(4)5/h8-9,16H,7,10-12H2,1-6H3. The molecule has 0 radical (unpaired) electrons. The number of nitrogens with one attached hydrogen (secondary N) is 1. The van der Waals surface area contributed by atoms with E-state index in [1.165, 1.54) is 0 Å². The zero-order valence-corrected chi connectivity index (χ0v) is 13.8. The van der Waals surface area contributed by atoms with E-state index < -0.39 is 0 Å². The molecule has 0 spiro atoms. The highest BCUT2D eigenvalue weighted by atomic mass is 15.2. The molecule has 0 saturated heterocycles. The Hall–Kier alpha value is -1.20. The summed E-state index contributed by atoms with van der Waals surface area (Å²) in [5.74, 6) is 0.934. The van der Waals surface area contributed by atoms with Crippen LogP contribution in [0, 0.1) is 0 Å². The summed E-state index contributed by atoms with van der Waals surface area (Å²) in [5.41, 5.74) is 1.08. The molecule has 0 bridgehead atoms. The van der Waals surface area contributed by atoms with E-state index in [2.05, 4.69) is 67.2 Å². The van der Waals surface area contributed by atoms with Crippen LogP contribution in [0.4, 0.5) is 5.82 Å². The van der Waals surface area contributed by atoms with Crippen LogP contribution in [0.15, 0.2) is 12.1 Å². The zero-order chi connectivity index (χ0) is 15.2. The van der Waals surface area contributed by atoms with Crippen LogP contribution in [-0.2, 0) is 6.54 Å². The fourth-order valence-corrected chi connectivity index (χ4v) is 1.75. The van der Waals surface area contributed by atoms with Gasteiger partial charge >= 0.3 is 0 Å². The van der Waals surface area contributed by atoms with Crippen molar-refractivity contribution >= 4 is 5.82 Å². The first-order valence-electron chi connectivity index (χ1n) is 7.21. The average molecular weight is 279 g/mol. The third kappa shape index (κ3) is 6.82. The van der Waals surface area contributed by atoms with E-state index in [0.717, 1.165) is 37.6 Å². The predicted octanol–water partition coefficient (Wildman–Crippen LogP) is 1.75. The monoisotopic (exact) mass is 279 g/mol. The summed E-state index contributed by atoms with van der Waals surface area (Å²) >= 11 is 0. The van der Waals surface area contributed by atoms with Gasteiger partial charge in [0, 0.05) is 25.7 Å². The predicted molar refractivity (Wildman–Crippen MR) is 85.1 cm³/mol. The van der Waals surface area contributed by atoms with Crippen molar-refractivity contribution in [3.8, 4) is 0 Å². The Kier molecular flexibility index (Phi) is 6.36. The molecule has 0 fully saturated rings. The van der Waals surface area contributed by atoms with Crippen molar-refractivity contribution in [2.75, 3.05) is 39.1 Å². The Bertz CT molecular complexity index is 380. The molecule has 20 heavy (non-hydrogen) atoms. The van der Waals surface area contributed by atoms with Gasteiger partial charge in [-0.25, -0.2) is 0 Å². The maximum absolute atomic E-state index is 4.30. The molecule has 0 unspecified atom stereocenters. The lowest BCUT2D eigenvalue weighted by atomic mass is 10.1. The number of hydrogen-bond donors (Lipinski definition) is 1. The van der Waals surface area contributed by atoms with Gasteiger partial charge in [0.15, 0.2) is 5.82 Å². The second kappa shape index (κ2) is 7.55. The average Bonchev–Trinajstić information content (AvgIpc) is 2.35. The molecule has 1 aromatic heterocycles. The van der Waals surface area contributed by atoms with Crippen LogP contribution in [0.25, 0.3) is 0 Å². The van der Waals surface area contributed by atoms with Crippen molar-refractivity contribution in [1.29, 1.82) is 0 Å². The maximum atomic E-state index is 4.30. The quantitative estimate of drug-likeness (QED) is 0.824. The second-order valence-electron chi connectivity index (χ2n) is 6.56. The number of aromatic nitrogens is 2. The first kappa shape index (κ1) is 16.9. The van der Waals surface area contributed by atoms with Crippen LogP contribution >= 0.6 is 0 Å². The van der Waals surface area contributed by atoms with Crippen molar-refractivity contribution in [2.24, 2.45) is 0 Å². The van der Waals surface area contributed by atoms with Crippen LogP contribution < -0.4 is 10.2 Å². The molecular formula is C15H29N5. The van der Waals surface area contributed by atoms with Gasteiger partial charge in [-0.15, -0.1) is 5.10 Å². The van der Waals surface area contributed by atoms with E-state index >= 15 is 0 Å². The number of hydrogen-bond acceptors (Lipinski definition) is 5. The molecule has 1 N–H and O–H groups in total. The molecule has 0 atom stereocenters. The summed E-state index contributed by atoms with van der Waals surface area (Å²) in [5, 5.41) is 12.0. The van der Waals surface area contributed by atoms with Crippen molar-refractivity contribution in [2.45, 2.75) is 39.3 Å². The number of nitrogens with zero attached hydrogens (tertiary/aromatic N) is 4. The van der Waals surface area contributed by atoms with Gasteiger partial charge < -0.3 is 15.1 Å². The van der Waals surface area contributed by atoms with E-state index in [4.69, 9.17) is 0 Å². The molecule has 0 saturated carbocycles. The molecule has 0 amide bonds. The van der Waals surface area contributed by atoms with Gasteiger partial charge in [-0.2, -0.15) is 5.10 Å². The van der Waals surface area contributed by atoms with Crippen molar-refractivity contribution < 1.29 is 0 Å². The summed E-state index contributed by atoms with van der Waals surface area (Å²) in [4.78, 5) is 4.35. The summed E-state index contributed by atoms with van der Waals surface area (Å²) in [7, 11) is 6.25. The SMILES string of the molecule is CN(C)CCCN(C)c1ccc(CNC(C)(C)C)nn1. The van der Waals surface area contributed by atoms with Crippen LogP contribution in [-0.4, -0.2) is 54.9 Å². The Morgan fingerprint density at radius 1 is 1.05 bits per heavy atom. The van der Waals surface area contributed by atoms with Gasteiger partial charge in [-0.05, 0) is 60.0 Å². The van der Waals surface area contributed by atoms with Gasteiger partial charge in [0.25, 0.3) is 0 Å². The lowest BCUT2D eigenvalue weighted by Gasteiger charge is -2.21. The minimum atomic E-state index is 0.101. The van der Waals surface area contributed by atoms with Gasteiger partial charge in [0.05, 0.1) is 5.69 Å². The van der Waals surface area contributed by atoms with Crippen molar-refractivity contribution in [1.82, 2.24) is 20.4 Å². The molecule has 0 aromatic carbocycles. The second-order valence-corrected chi connectivity index (χ2v) is 6.56. The van der Waals surface area contributed by atoms with E-state index in [-0.39, 0.29) is 5.54 Å². The van der Waals surface area contributed by atoms with Gasteiger partial charge in [0.2, 0.25) is 0 Å². The Balaban J connectivity index is 2.45. The van der Waals surface area contributed by atoms with E-state index in [1.807, 2.05) is 12.1 Å². The third-order valence-electron chi connectivity index (χ3n) is 3.00. The highest BCUT2D eigenvalue weighted by Crippen LogP contribution is 2.09.